The van der Waals surface area contributed by atoms with Crippen LogP contribution in [0, 0.1) is 0 Å². The van der Waals surface area contributed by atoms with Crippen molar-refractivity contribution in [2.75, 3.05) is 26.2 Å². The van der Waals surface area contributed by atoms with E-state index in [1.165, 1.54) is 38.0 Å². The molecule has 0 aromatic carbocycles. The normalized spacial score (nSPS) is 17.5. The van der Waals surface area contributed by atoms with Crippen molar-refractivity contribution in [3.05, 3.63) is 30.1 Å². The third-order valence-corrected chi connectivity index (χ3v) is 3.67. The molecule has 1 aliphatic rings. The number of piperidine rings is 1. The topological polar surface area (TPSA) is 28.2 Å². The summed E-state index contributed by atoms with van der Waals surface area (Å²) in [7, 11) is 0. The maximum atomic E-state index is 4.06. The van der Waals surface area contributed by atoms with Gasteiger partial charge in [0.1, 0.15) is 0 Å². The Balaban J connectivity index is 1.82. The van der Waals surface area contributed by atoms with Crippen LogP contribution in [-0.4, -0.2) is 42.1 Å². The van der Waals surface area contributed by atoms with E-state index in [0.29, 0.717) is 0 Å². The van der Waals surface area contributed by atoms with E-state index in [2.05, 4.69) is 34.3 Å². The Bertz CT molecular complexity index is 307. The monoisotopic (exact) mass is 233 g/mol. The molecule has 1 aliphatic heterocycles. The van der Waals surface area contributed by atoms with Crippen molar-refractivity contribution < 1.29 is 0 Å². The van der Waals surface area contributed by atoms with Crippen molar-refractivity contribution in [1.82, 2.24) is 15.2 Å². The van der Waals surface area contributed by atoms with Crippen LogP contribution in [0.3, 0.4) is 0 Å². The van der Waals surface area contributed by atoms with Gasteiger partial charge in [-0.3, -0.25) is 4.98 Å². The highest BCUT2D eigenvalue weighted by Crippen LogP contribution is 2.12. The number of pyridine rings is 1. The van der Waals surface area contributed by atoms with Crippen LogP contribution in [0.25, 0.3) is 0 Å². The summed E-state index contributed by atoms with van der Waals surface area (Å²) in [6.07, 6.45) is 7.50. The molecule has 1 aromatic rings. The number of hydrogen-bond acceptors (Lipinski definition) is 3. The molecule has 2 rings (SSSR count). The van der Waals surface area contributed by atoms with Crippen molar-refractivity contribution in [2.24, 2.45) is 0 Å². The minimum absolute atomic E-state index is 0.781. The highest BCUT2D eigenvalue weighted by atomic mass is 15.2. The van der Waals surface area contributed by atoms with E-state index in [1.807, 2.05) is 12.4 Å². The first-order chi connectivity index (χ1) is 8.40. The van der Waals surface area contributed by atoms with Gasteiger partial charge in [0.05, 0.1) is 0 Å². The number of hydrogen-bond donors (Lipinski definition) is 1. The average molecular weight is 233 g/mol. The van der Waals surface area contributed by atoms with E-state index < -0.39 is 0 Å². The van der Waals surface area contributed by atoms with Crippen LogP contribution in [0.2, 0.25) is 0 Å². The van der Waals surface area contributed by atoms with E-state index in [4.69, 9.17) is 0 Å². The molecule has 1 aromatic heterocycles. The Morgan fingerprint density at radius 2 is 2.00 bits per heavy atom. The van der Waals surface area contributed by atoms with Gasteiger partial charge in [0.2, 0.25) is 0 Å². The summed E-state index contributed by atoms with van der Waals surface area (Å²) in [5.41, 5.74) is 1.40. The van der Waals surface area contributed by atoms with Crippen molar-refractivity contribution in [3.63, 3.8) is 0 Å². The summed E-state index contributed by atoms with van der Waals surface area (Å²) in [6.45, 7) is 6.96. The summed E-state index contributed by atoms with van der Waals surface area (Å²) in [4.78, 5) is 6.69. The second-order valence-electron chi connectivity index (χ2n) is 4.72. The highest BCUT2D eigenvalue weighted by molar-refractivity contribution is 5.10. The predicted molar refractivity (Wildman–Crippen MR) is 71.1 cm³/mol. The van der Waals surface area contributed by atoms with Crippen molar-refractivity contribution in [3.8, 4) is 0 Å². The smallest absolute Gasteiger partial charge is 0.0270 e. The predicted octanol–water partition coefficient (Wildman–Crippen LogP) is 1.70. The lowest BCUT2D eigenvalue weighted by molar-refractivity contribution is 0.172. The maximum absolute atomic E-state index is 4.06. The first-order valence-electron chi connectivity index (χ1n) is 6.74. The zero-order valence-corrected chi connectivity index (χ0v) is 10.7. The average Bonchev–Trinajstić information content (AvgIpc) is 2.42. The molecule has 0 aliphatic carbocycles. The molecule has 1 saturated heterocycles. The van der Waals surface area contributed by atoms with Gasteiger partial charge in [-0.15, -0.1) is 0 Å². The van der Waals surface area contributed by atoms with Crippen LogP contribution in [0.5, 0.6) is 0 Å². The number of nitrogens with one attached hydrogen (secondary N) is 1. The summed E-state index contributed by atoms with van der Waals surface area (Å²) < 4.78 is 0. The highest BCUT2D eigenvalue weighted by Gasteiger charge is 2.18. The molecular weight excluding hydrogens is 210 g/mol. The zero-order chi connectivity index (χ0) is 11.9. The van der Waals surface area contributed by atoms with E-state index >= 15 is 0 Å². The molecule has 2 heterocycles. The van der Waals surface area contributed by atoms with Gasteiger partial charge >= 0.3 is 0 Å². The maximum Gasteiger partial charge on any atom is 0.0270 e. The number of nitrogens with zero attached hydrogens (tertiary/aromatic N) is 2. The SMILES string of the molecule is CCN(CCc1ccncc1)C1CCNCC1. The lowest BCUT2D eigenvalue weighted by Crippen LogP contribution is -2.43. The molecule has 3 nitrogen and oxygen atoms in total. The molecular formula is C14H23N3. The van der Waals surface area contributed by atoms with Gasteiger partial charge < -0.3 is 10.2 Å². The second kappa shape index (κ2) is 6.72. The number of aromatic nitrogens is 1. The number of likely N-dealkylation sites (N-methyl/N-ethyl adjacent to an activating group) is 1. The fourth-order valence-corrected chi connectivity index (χ4v) is 2.59. The van der Waals surface area contributed by atoms with Crippen LogP contribution in [0.4, 0.5) is 0 Å². The van der Waals surface area contributed by atoms with Gasteiger partial charge in [0.25, 0.3) is 0 Å². The molecule has 0 spiro atoms. The molecule has 0 saturated carbocycles. The van der Waals surface area contributed by atoms with Crippen LogP contribution in [0.15, 0.2) is 24.5 Å². The van der Waals surface area contributed by atoms with Gasteiger partial charge in [-0.25, -0.2) is 0 Å². The minimum atomic E-state index is 0.781. The van der Waals surface area contributed by atoms with Gasteiger partial charge in [0, 0.05) is 25.0 Å². The van der Waals surface area contributed by atoms with E-state index in [9.17, 15) is 0 Å². The Hall–Kier alpha value is -0.930. The Morgan fingerprint density at radius 3 is 2.65 bits per heavy atom. The summed E-state index contributed by atoms with van der Waals surface area (Å²) >= 11 is 0. The largest absolute Gasteiger partial charge is 0.317 e. The third-order valence-electron chi connectivity index (χ3n) is 3.67. The Morgan fingerprint density at radius 1 is 1.29 bits per heavy atom. The van der Waals surface area contributed by atoms with Gasteiger partial charge in [-0.2, -0.15) is 0 Å². The molecule has 0 amide bonds. The molecule has 0 atom stereocenters. The van der Waals surface area contributed by atoms with E-state index in [-0.39, 0.29) is 0 Å². The van der Waals surface area contributed by atoms with Crippen LogP contribution >= 0.6 is 0 Å². The zero-order valence-electron chi connectivity index (χ0n) is 10.7. The molecule has 3 heteroatoms. The molecule has 17 heavy (non-hydrogen) atoms. The lowest BCUT2D eigenvalue weighted by atomic mass is 10.0. The second-order valence-corrected chi connectivity index (χ2v) is 4.72. The van der Waals surface area contributed by atoms with Crippen molar-refractivity contribution in [1.29, 1.82) is 0 Å². The Kier molecular flexibility index (Phi) is 4.95. The van der Waals surface area contributed by atoms with Crippen molar-refractivity contribution >= 4 is 0 Å². The van der Waals surface area contributed by atoms with Gasteiger partial charge in [0.15, 0.2) is 0 Å². The van der Waals surface area contributed by atoms with Gasteiger partial charge in [-0.05, 0) is 56.6 Å². The van der Waals surface area contributed by atoms with E-state index in [0.717, 1.165) is 19.0 Å². The fraction of sp³-hybridized carbons (Fsp3) is 0.643. The fourth-order valence-electron chi connectivity index (χ4n) is 2.59. The Labute approximate surface area is 104 Å². The first-order valence-corrected chi connectivity index (χ1v) is 6.74. The molecule has 1 N–H and O–H groups in total. The molecule has 0 radical (unpaired) electrons. The third kappa shape index (κ3) is 3.79. The van der Waals surface area contributed by atoms with Crippen LogP contribution < -0.4 is 5.32 Å². The lowest BCUT2D eigenvalue weighted by Gasteiger charge is -2.33. The van der Waals surface area contributed by atoms with Gasteiger partial charge in [-0.1, -0.05) is 6.92 Å². The standard InChI is InChI=1S/C14H23N3/c1-2-17(14-5-10-16-11-6-14)12-7-13-3-8-15-9-4-13/h3-4,8-9,14,16H,2,5-7,10-12H2,1H3. The molecule has 0 bridgehead atoms. The van der Waals surface area contributed by atoms with Crippen LogP contribution in [0.1, 0.15) is 25.3 Å². The number of rotatable bonds is 5. The summed E-state index contributed by atoms with van der Waals surface area (Å²) in [6, 6.07) is 5.02. The van der Waals surface area contributed by atoms with Crippen molar-refractivity contribution in [2.45, 2.75) is 32.2 Å². The molecule has 1 fully saturated rings. The minimum Gasteiger partial charge on any atom is -0.317 e. The summed E-state index contributed by atoms with van der Waals surface area (Å²) in [5, 5.41) is 3.43. The quantitative estimate of drug-likeness (QED) is 0.839. The molecule has 94 valence electrons. The van der Waals surface area contributed by atoms with E-state index in [1.54, 1.807) is 0 Å². The first kappa shape index (κ1) is 12.5. The summed E-state index contributed by atoms with van der Waals surface area (Å²) in [5.74, 6) is 0. The van der Waals surface area contributed by atoms with Crippen LogP contribution in [-0.2, 0) is 6.42 Å². The molecule has 0 unspecified atom stereocenters.